The van der Waals surface area contributed by atoms with Crippen molar-refractivity contribution >= 4 is 5.69 Å². The van der Waals surface area contributed by atoms with Gasteiger partial charge in [0.2, 0.25) is 0 Å². The van der Waals surface area contributed by atoms with Gasteiger partial charge in [-0.05, 0) is 19.1 Å². The molecule has 0 saturated heterocycles. The van der Waals surface area contributed by atoms with Crippen molar-refractivity contribution in [2.75, 3.05) is 19.0 Å². The van der Waals surface area contributed by atoms with Gasteiger partial charge in [-0.3, -0.25) is 0 Å². The van der Waals surface area contributed by atoms with Crippen LogP contribution in [0.2, 0.25) is 0 Å². The highest BCUT2D eigenvalue weighted by atomic mass is 16.5. The molecule has 3 nitrogen and oxygen atoms in total. The Labute approximate surface area is 77.7 Å². The van der Waals surface area contributed by atoms with Crippen LogP contribution in [-0.2, 0) is 0 Å². The number of benzene rings is 1. The minimum Gasteiger partial charge on any atom is -0.493 e. The molecule has 3 heteroatoms. The van der Waals surface area contributed by atoms with Crippen molar-refractivity contribution in [3.63, 3.8) is 0 Å². The Bertz CT molecular complexity index is 312. The quantitative estimate of drug-likeness (QED) is 0.714. The van der Waals surface area contributed by atoms with E-state index in [0.717, 1.165) is 17.2 Å². The van der Waals surface area contributed by atoms with Crippen LogP contribution in [0.5, 0.6) is 11.5 Å². The van der Waals surface area contributed by atoms with E-state index in [0.29, 0.717) is 12.6 Å². The van der Waals surface area contributed by atoms with E-state index in [9.17, 15) is 0 Å². The summed E-state index contributed by atoms with van der Waals surface area (Å²) < 4.78 is 10.8. The fourth-order valence-corrected chi connectivity index (χ4v) is 1.45. The van der Waals surface area contributed by atoms with Crippen molar-refractivity contribution in [1.82, 2.24) is 0 Å². The first-order chi connectivity index (χ1) is 6.31. The van der Waals surface area contributed by atoms with Gasteiger partial charge in [-0.1, -0.05) is 6.07 Å². The minimum absolute atomic E-state index is 0.361. The maximum Gasteiger partial charge on any atom is 0.184 e. The third kappa shape index (κ3) is 1.41. The van der Waals surface area contributed by atoms with Crippen LogP contribution in [0.25, 0.3) is 0 Å². The lowest BCUT2D eigenvalue weighted by Gasteiger charge is -2.25. The van der Waals surface area contributed by atoms with Gasteiger partial charge in [-0.2, -0.15) is 0 Å². The van der Waals surface area contributed by atoms with Crippen LogP contribution in [0.15, 0.2) is 18.2 Å². The van der Waals surface area contributed by atoms with Crippen LogP contribution in [0, 0.1) is 0 Å². The van der Waals surface area contributed by atoms with Crippen LogP contribution in [0.3, 0.4) is 0 Å². The molecule has 0 bridgehead atoms. The molecular weight excluding hydrogens is 166 g/mol. The lowest BCUT2D eigenvalue weighted by atomic mass is 10.2. The molecule has 0 saturated carbocycles. The van der Waals surface area contributed by atoms with E-state index in [1.807, 2.05) is 18.2 Å². The predicted octanol–water partition coefficient (Wildman–Crippen LogP) is 1.89. The number of rotatable bonds is 1. The Balaban J connectivity index is 2.39. The first kappa shape index (κ1) is 8.23. The lowest BCUT2D eigenvalue weighted by Crippen LogP contribution is -2.28. The van der Waals surface area contributed by atoms with Gasteiger partial charge in [0, 0.05) is 0 Å². The SMILES string of the molecule is COc1cccc2c1OCC(C)N2. The number of para-hydroxylation sites is 1. The summed E-state index contributed by atoms with van der Waals surface area (Å²) in [6.07, 6.45) is 0. The van der Waals surface area contributed by atoms with Crippen LogP contribution in [0.1, 0.15) is 6.92 Å². The second kappa shape index (κ2) is 3.17. The van der Waals surface area contributed by atoms with Crippen LogP contribution in [-0.4, -0.2) is 19.8 Å². The molecule has 70 valence electrons. The topological polar surface area (TPSA) is 30.5 Å². The standard InChI is InChI=1S/C10H13NO2/c1-7-6-13-10-8(11-7)4-3-5-9(10)12-2/h3-5,7,11H,6H2,1-2H3. The van der Waals surface area contributed by atoms with Gasteiger partial charge in [-0.15, -0.1) is 0 Å². The molecule has 0 amide bonds. The van der Waals surface area contributed by atoms with E-state index in [4.69, 9.17) is 9.47 Å². The van der Waals surface area contributed by atoms with E-state index in [-0.39, 0.29) is 0 Å². The molecule has 1 aliphatic rings. The molecule has 0 spiro atoms. The van der Waals surface area contributed by atoms with Gasteiger partial charge in [0.1, 0.15) is 6.61 Å². The van der Waals surface area contributed by atoms with Gasteiger partial charge >= 0.3 is 0 Å². The van der Waals surface area contributed by atoms with E-state index in [2.05, 4.69) is 12.2 Å². The Morgan fingerprint density at radius 3 is 3.15 bits per heavy atom. The van der Waals surface area contributed by atoms with Crippen molar-refractivity contribution in [1.29, 1.82) is 0 Å². The highest BCUT2D eigenvalue weighted by Crippen LogP contribution is 2.37. The Hall–Kier alpha value is -1.38. The fraction of sp³-hybridized carbons (Fsp3) is 0.400. The number of ether oxygens (including phenoxy) is 2. The molecule has 0 aliphatic carbocycles. The summed E-state index contributed by atoms with van der Waals surface area (Å²) in [5.74, 6) is 1.61. The maximum absolute atomic E-state index is 5.57. The zero-order valence-corrected chi connectivity index (χ0v) is 7.83. The summed E-state index contributed by atoms with van der Waals surface area (Å²) >= 11 is 0. The Kier molecular flexibility index (Phi) is 2.00. The molecule has 0 fully saturated rings. The predicted molar refractivity (Wildman–Crippen MR) is 51.6 cm³/mol. The van der Waals surface area contributed by atoms with Crippen LogP contribution < -0.4 is 14.8 Å². The van der Waals surface area contributed by atoms with Crippen molar-refractivity contribution in [3.8, 4) is 11.5 Å². The Morgan fingerprint density at radius 2 is 2.38 bits per heavy atom. The number of hydrogen-bond acceptors (Lipinski definition) is 3. The maximum atomic E-state index is 5.57. The summed E-state index contributed by atoms with van der Waals surface area (Å²) in [6, 6.07) is 6.20. The average molecular weight is 179 g/mol. The Morgan fingerprint density at radius 1 is 1.54 bits per heavy atom. The normalized spacial score (nSPS) is 19.7. The van der Waals surface area contributed by atoms with Gasteiger partial charge in [0.05, 0.1) is 18.8 Å². The third-order valence-corrected chi connectivity index (χ3v) is 2.08. The largest absolute Gasteiger partial charge is 0.493 e. The van der Waals surface area contributed by atoms with Gasteiger partial charge in [0.15, 0.2) is 11.5 Å². The molecule has 1 N–H and O–H groups in total. The first-order valence-electron chi connectivity index (χ1n) is 4.37. The summed E-state index contributed by atoms with van der Waals surface area (Å²) in [5.41, 5.74) is 1.01. The average Bonchev–Trinajstić information content (AvgIpc) is 2.16. The smallest absolute Gasteiger partial charge is 0.184 e. The number of anilines is 1. The number of methoxy groups -OCH3 is 1. The molecule has 2 rings (SSSR count). The highest BCUT2D eigenvalue weighted by molar-refractivity contribution is 5.64. The zero-order chi connectivity index (χ0) is 9.26. The molecule has 1 aromatic carbocycles. The van der Waals surface area contributed by atoms with Crippen LogP contribution >= 0.6 is 0 Å². The molecule has 13 heavy (non-hydrogen) atoms. The molecule has 0 aromatic heterocycles. The summed E-state index contributed by atoms with van der Waals surface area (Å²) in [4.78, 5) is 0. The van der Waals surface area contributed by atoms with E-state index in [1.165, 1.54) is 0 Å². The second-order valence-corrected chi connectivity index (χ2v) is 3.19. The summed E-state index contributed by atoms with van der Waals surface area (Å²) in [6.45, 7) is 2.77. The highest BCUT2D eigenvalue weighted by Gasteiger charge is 2.18. The van der Waals surface area contributed by atoms with Crippen molar-refractivity contribution < 1.29 is 9.47 Å². The minimum atomic E-state index is 0.361. The fourth-order valence-electron chi connectivity index (χ4n) is 1.45. The first-order valence-corrected chi connectivity index (χ1v) is 4.37. The third-order valence-electron chi connectivity index (χ3n) is 2.08. The van der Waals surface area contributed by atoms with Crippen molar-refractivity contribution in [2.24, 2.45) is 0 Å². The molecule has 1 atom stereocenters. The van der Waals surface area contributed by atoms with Crippen LogP contribution in [0.4, 0.5) is 5.69 Å². The molecule has 1 aromatic rings. The summed E-state index contributed by atoms with van der Waals surface area (Å²) in [7, 11) is 1.65. The van der Waals surface area contributed by atoms with Gasteiger partial charge in [0.25, 0.3) is 0 Å². The molecule has 1 unspecified atom stereocenters. The van der Waals surface area contributed by atoms with E-state index >= 15 is 0 Å². The number of hydrogen-bond donors (Lipinski definition) is 1. The number of nitrogens with one attached hydrogen (secondary N) is 1. The van der Waals surface area contributed by atoms with Gasteiger partial charge < -0.3 is 14.8 Å². The second-order valence-electron chi connectivity index (χ2n) is 3.19. The van der Waals surface area contributed by atoms with Crippen molar-refractivity contribution in [2.45, 2.75) is 13.0 Å². The molecular formula is C10H13NO2. The monoisotopic (exact) mass is 179 g/mol. The van der Waals surface area contributed by atoms with E-state index < -0.39 is 0 Å². The summed E-state index contributed by atoms with van der Waals surface area (Å²) in [5, 5.41) is 3.33. The molecule has 0 radical (unpaired) electrons. The van der Waals surface area contributed by atoms with Crippen molar-refractivity contribution in [3.05, 3.63) is 18.2 Å². The number of fused-ring (bicyclic) bond motifs is 1. The zero-order valence-electron chi connectivity index (χ0n) is 7.83. The molecule has 1 heterocycles. The van der Waals surface area contributed by atoms with Gasteiger partial charge in [-0.25, -0.2) is 0 Å². The van der Waals surface area contributed by atoms with E-state index in [1.54, 1.807) is 7.11 Å². The lowest BCUT2D eigenvalue weighted by molar-refractivity contribution is 0.273. The molecule has 1 aliphatic heterocycles.